The molecule has 0 aliphatic heterocycles. The maximum atomic E-state index is 13.3. The molecular formula is C13H18ClFN2. The van der Waals surface area contributed by atoms with Gasteiger partial charge in [-0.25, -0.2) is 4.39 Å². The van der Waals surface area contributed by atoms with Crippen LogP contribution in [0.25, 0.3) is 0 Å². The van der Waals surface area contributed by atoms with Gasteiger partial charge in [0.1, 0.15) is 5.82 Å². The summed E-state index contributed by atoms with van der Waals surface area (Å²) < 4.78 is 13.3. The van der Waals surface area contributed by atoms with E-state index >= 15 is 0 Å². The number of hydrogen-bond acceptors (Lipinski definition) is 2. The molecular weight excluding hydrogens is 239 g/mol. The van der Waals surface area contributed by atoms with Crippen molar-refractivity contribution in [1.29, 1.82) is 0 Å². The van der Waals surface area contributed by atoms with Crippen LogP contribution in [-0.4, -0.2) is 6.54 Å². The van der Waals surface area contributed by atoms with Gasteiger partial charge < -0.3 is 11.1 Å². The standard InChI is InChI=1S/C13H18ClFN2/c14-10-7-12(16)13(8-11(10)15)17-6-5-9-3-1-2-4-9/h7-9,17H,1-6,16H2. The quantitative estimate of drug-likeness (QED) is 0.798. The van der Waals surface area contributed by atoms with Crippen LogP contribution in [-0.2, 0) is 0 Å². The second kappa shape index (κ2) is 5.58. The van der Waals surface area contributed by atoms with Gasteiger partial charge >= 0.3 is 0 Å². The monoisotopic (exact) mass is 256 g/mol. The molecule has 1 aliphatic rings. The number of benzene rings is 1. The Bertz CT molecular complexity index is 389. The minimum Gasteiger partial charge on any atom is -0.397 e. The number of hydrogen-bond donors (Lipinski definition) is 2. The molecule has 4 heteroatoms. The summed E-state index contributed by atoms with van der Waals surface area (Å²) in [6.45, 7) is 0.843. The number of nitrogens with two attached hydrogens (primary N) is 1. The van der Waals surface area contributed by atoms with E-state index in [1.807, 2.05) is 0 Å². The van der Waals surface area contributed by atoms with Gasteiger partial charge in [-0.05, 0) is 18.4 Å². The second-order valence-corrected chi connectivity index (χ2v) is 5.13. The number of nitrogen functional groups attached to an aromatic ring is 1. The summed E-state index contributed by atoms with van der Waals surface area (Å²) in [6.07, 6.45) is 6.48. The van der Waals surface area contributed by atoms with Crippen LogP contribution in [0.15, 0.2) is 12.1 Å². The molecule has 94 valence electrons. The molecule has 0 bridgehead atoms. The largest absolute Gasteiger partial charge is 0.397 e. The summed E-state index contributed by atoms with van der Waals surface area (Å²) in [5.41, 5.74) is 6.92. The lowest BCUT2D eigenvalue weighted by atomic mass is 10.0. The van der Waals surface area contributed by atoms with Crippen LogP contribution in [0.5, 0.6) is 0 Å². The van der Waals surface area contributed by atoms with Crippen molar-refractivity contribution in [3.05, 3.63) is 23.0 Å². The van der Waals surface area contributed by atoms with Crippen LogP contribution in [0, 0.1) is 11.7 Å². The van der Waals surface area contributed by atoms with E-state index < -0.39 is 5.82 Å². The van der Waals surface area contributed by atoms with Gasteiger partial charge in [0.05, 0.1) is 16.4 Å². The highest BCUT2D eigenvalue weighted by atomic mass is 35.5. The molecule has 0 spiro atoms. The van der Waals surface area contributed by atoms with E-state index in [2.05, 4.69) is 5.32 Å². The molecule has 0 aromatic heterocycles. The molecule has 1 fully saturated rings. The van der Waals surface area contributed by atoms with E-state index in [9.17, 15) is 4.39 Å². The lowest BCUT2D eigenvalue weighted by molar-refractivity contribution is 0.518. The predicted octanol–water partition coefficient (Wildman–Crippen LogP) is 4.05. The molecule has 17 heavy (non-hydrogen) atoms. The van der Waals surface area contributed by atoms with Gasteiger partial charge in [-0.1, -0.05) is 37.3 Å². The lowest BCUT2D eigenvalue weighted by Crippen LogP contribution is -2.08. The molecule has 0 atom stereocenters. The van der Waals surface area contributed by atoms with Gasteiger partial charge in [-0.2, -0.15) is 0 Å². The van der Waals surface area contributed by atoms with E-state index in [4.69, 9.17) is 17.3 Å². The maximum Gasteiger partial charge on any atom is 0.143 e. The van der Waals surface area contributed by atoms with Crippen molar-refractivity contribution < 1.29 is 4.39 Å². The zero-order valence-electron chi connectivity index (χ0n) is 9.81. The van der Waals surface area contributed by atoms with Crippen LogP contribution in [0.3, 0.4) is 0 Å². The van der Waals surface area contributed by atoms with E-state index in [-0.39, 0.29) is 5.02 Å². The molecule has 0 unspecified atom stereocenters. The summed E-state index contributed by atoms with van der Waals surface area (Å²) in [5.74, 6) is 0.394. The van der Waals surface area contributed by atoms with Crippen molar-refractivity contribution in [1.82, 2.24) is 0 Å². The SMILES string of the molecule is Nc1cc(Cl)c(F)cc1NCCC1CCCC1. The first kappa shape index (κ1) is 12.5. The van der Waals surface area contributed by atoms with Gasteiger partial charge in [0, 0.05) is 12.6 Å². The van der Waals surface area contributed by atoms with Crippen LogP contribution in [0.4, 0.5) is 15.8 Å². The fraction of sp³-hybridized carbons (Fsp3) is 0.538. The number of anilines is 2. The van der Waals surface area contributed by atoms with Gasteiger partial charge in [0.15, 0.2) is 0 Å². The molecule has 3 N–H and O–H groups in total. The smallest absolute Gasteiger partial charge is 0.143 e. The van der Waals surface area contributed by atoms with Gasteiger partial charge in [-0.3, -0.25) is 0 Å². The fourth-order valence-electron chi connectivity index (χ4n) is 2.43. The summed E-state index contributed by atoms with van der Waals surface area (Å²) in [5, 5.41) is 3.26. The summed E-state index contributed by atoms with van der Waals surface area (Å²) >= 11 is 5.64. The Morgan fingerprint density at radius 1 is 1.35 bits per heavy atom. The minimum absolute atomic E-state index is 0.0730. The number of halogens is 2. The van der Waals surface area contributed by atoms with Crippen molar-refractivity contribution in [3.8, 4) is 0 Å². The molecule has 2 rings (SSSR count). The van der Waals surface area contributed by atoms with E-state index in [1.54, 1.807) is 0 Å². The normalized spacial score (nSPS) is 16.4. The molecule has 0 saturated heterocycles. The van der Waals surface area contributed by atoms with Crippen LogP contribution < -0.4 is 11.1 Å². The van der Waals surface area contributed by atoms with E-state index in [0.717, 1.165) is 18.9 Å². The molecule has 0 heterocycles. The zero-order valence-corrected chi connectivity index (χ0v) is 10.6. The van der Waals surface area contributed by atoms with E-state index in [1.165, 1.54) is 37.8 Å². The third kappa shape index (κ3) is 3.25. The Balaban J connectivity index is 1.87. The highest BCUT2D eigenvalue weighted by Gasteiger charge is 2.14. The second-order valence-electron chi connectivity index (χ2n) is 4.72. The van der Waals surface area contributed by atoms with Crippen molar-refractivity contribution in [3.63, 3.8) is 0 Å². The first-order valence-electron chi connectivity index (χ1n) is 6.15. The third-order valence-electron chi connectivity index (χ3n) is 3.44. The third-order valence-corrected chi connectivity index (χ3v) is 3.72. The Labute approximate surface area is 106 Å². The Morgan fingerprint density at radius 2 is 2.06 bits per heavy atom. The predicted molar refractivity (Wildman–Crippen MR) is 70.9 cm³/mol. The Hall–Kier alpha value is -0.960. The first-order chi connectivity index (χ1) is 8.16. The molecule has 1 aromatic rings. The van der Waals surface area contributed by atoms with Crippen LogP contribution >= 0.6 is 11.6 Å². The first-order valence-corrected chi connectivity index (χ1v) is 6.53. The highest BCUT2D eigenvalue weighted by Crippen LogP contribution is 2.29. The molecule has 2 nitrogen and oxygen atoms in total. The van der Waals surface area contributed by atoms with Crippen molar-refractivity contribution in [2.75, 3.05) is 17.6 Å². The number of rotatable bonds is 4. The maximum absolute atomic E-state index is 13.3. The van der Waals surface area contributed by atoms with Crippen molar-refractivity contribution in [2.45, 2.75) is 32.1 Å². The topological polar surface area (TPSA) is 38.0 Å². The van der Waals surface area contributed by atoms with Gasteiger partial charge in [0.2, 0.25) is 0 Å². The van der Waals surface area contributed by atoms with Crippen LogP contribution in [0.2, 0.25) is 5.02 Å². The van der Waals surface area contributed by atoms with E-state index in [0.29, 0.717) is 11.4 Å². The Kier molecular flexibility index (Phi) is 4.11. The average Bonchev–Trinajstić information content (AvgIpc) is 2.78. The molecule has 0 amide bonds. The van der Waals surface area contributed by atoms with Gasteiger partial charge in [0.25, 0.3) is 0 Å². The molecule has 0 radical (unpaired) electrons. The van der Waals surface area contributed by atoms with Crippen molar-refractivity contribution >= 4 is 23.0 Å². The summed E-state index contributed by atoms with van der Waals surface area (Å²) in [7, 11) is 0. The molecule has 1 aromatic carbocycles. The Morgan fingerprint density at radius 3 is 2.76 bits per heavy atom. The van der Waals surface area contributed by atoms with Gasteiger partial charge in [-0.15, -0.1) is 0 Å². The molecule has 1 saturated carbocycles. The van der Waals surface area contributed by atoms with Crippen molar-refractivity contribution in [2.24, 2.45) is 5.92 Å². The summed E-state index contributed by atoms with van der Waals surface area (Å²) in [4.78, 5) is 0. The average molecular weight is 257 g/mol. The molecule has 1 aliphatic carbocycles. The zero-order chi connectivity index (χ0) is 12.3. The lowest BCUT2D eigenvalue weighted by Gasteiger charge is -2.13. The fourth-order valence-corrected chi connectivity index (χ4v) is 2.60. The minimum atomic E-state index is -0.427. The highest BCUT2D eigenvalue weighted by molar-refractivity contribution is 6.31. The van der Waals surface area contributed by atoms with Crippen LogP contribution in [0.1, 0.15) is 32.1 Å². The summed E-state index contributed by atoms with van der Waals surface area (Å²) in [6, 6.07) is 2.82. The number of nitrogens with one attached hydrogen (secondary N) is 1.